The highest BCUT2D eigenvalue weighted by Gasteiger charge is 2.73. The molecular weight excluding hydrogens is 707 g/mol. The van der Waals surface area contributed by atoms with Crippen LogP contribution in [0, 0.1) is 0 Å². The maximum atomic E-state index is 13.9. The van der Waals surface area contributed by atoms with Crippen molar-refractivity contribution >= 4 is 40.2 Å². The number of ether oxygens (including phenoxy) is 2. The number of alkyl halides is 6. The van der Waals surface area contributed by atoms with Gasteiger partial charge in [-0.25, -0.2) is 9.69 Å². The summed E-state index contributed by atoms with van der Waals surface area (Å²) < 4.78 is 104. The van der Waals surface area contributed by atoms with Gasteiger partial charge in [0.05, 0.1) is 13.2 Å². The van der Waals surface area contributed by atoms with Crippen LogP contribution in [0.3, 0.4) is 0 Å². The summed E-state index contributed by atoms with van der Waals surface area (Å²) in [7, 11) is -3.41. The lowest BCUT2D eigenvalue weighted by Crippen LogP contribution is -2.80. The van der Waals surface area contributed by atoms with Crippen LogP contribution < -0.4 is 9.64 Å². The van der Waals surface area contributed by atoms with Gasteiger partial charge in [-0.2, -0.15) is 26.3 Å². The standard InChI is InChI=1S/C18H26F3NO3Si.C15H26F3NO4Si/c1-6-26(7-2,8-3)25-17(4)15(18(19,20)21)22(16(17)23)13-9-11-14(24-5)12-10-13;1-7-24(8-2,9-3)23-14(6)11(15(16,17)18)19(12(14)20)13(21)22-10(4)5/h9-12,15H,6-8H2,1-5H3;10-11H,7-9H2,1-6H3/t15-,17-;11-,14-/m11/s1. The monoisotopic (exact) mass is 758 g/mol. The maximum absolute atomic E-state index is 13.9. The molecule has 2 saturated heterocycles. The molecule has 0 bridgehead atoms. The highest BCUT2D eigenvalue weighted by Crippen LogP contribution is 2.49. The molecule has 0 unspecified atom stereocenters. The van der Waals surface area contributed by atoms with E-state index in [2.05, 4.69) is 0 Å². The molecule has 0 spiro atoms. The molecule has 0 aliphatic carbocycles. The zero-order valence-electron chi connectivity index (χ0n) is 30.8. The number of nitrogens with zero attached hydrogens (tertiary/aromatic N) is 2. The van der Waals surface area contributed by atoms with Crippen molar-refractivity contribution in [3.8, 4) is 5.75 Å². The molecule has 2 heterocycles. The van der Waals surface area contributed by atoms with Crippen LogP contribution in [0.4, 0.5) is 36.8 Å². The van der Waals surface area contributed by atoms with Gasteiger partial charge in [-0.05, 0) is 88.2 Å². The Bertz CT molecular complexity index is 1320. The summed E-state index contributed by atoms with van der Waals surface area (Å²) >= 11 is 0. The number of anilines is 1. The normalized spacial score (nSPS) is 24.4. The van der Waals surface area contributed by atoms with Crippen LogP contribution in [0.2, 0.25) is 36.3 Å². The summed E-state index contributed by atoms with van der Waals surface area (Å²) in [5.41, 5.74) is -3.74. The van der Waals surface area contributed by atoms with Crippen molar-refractivity contribution in [1.82, 2.24) is 4.90 Å². The van der Waals surface area contributed by atoms with Crippen molar-refractivity contribution < 1.29 is 59.1 Å². The van der Waals surface area contributed by atoms with Crippen molar-refractivity contribution in [2.24, 2.45) is 0 Å². The zero-order valence-corrected chi connectivity index (χ0v) is 32.8. The number of carbonyl (C=O) groups is 3. The van der Waals surface area contributed by atoms with Crippen LogP contribution in [-0.2, 0) is 23.2 Å². The van der Waals surface area contributed by atoms with Gasteiger partial charge in [0.1, 0.15) is 5.75 Å². The molecule has 2 aliphatic heterocycles. The van der Waals surface area contributed by atoms with E-state index in [0.29, 0.717) is 42.0 Å². The van der Waals surface area contributed by atoms with Gasteiger partial charge in [0, 0.05) is 5.69 Å². The maximum Gasteiger partial charge on any atom is 0.417 e. The molecule has 9 nitrogen and oxygen atoms in total. The fourth-order valence-electron chi connectivity index (χ4n) is 6.71. The fourth-order valence-corrected chi connectivity index (χ4v) is 12.8. The van der Waals surface area contributed by atoms with Crippen LogP contribution in [0.25, 0.3) is 0 Å². The number of methoxy groups -OCH3 is 1. The molecule has 3 amide bonds. The average Bonchev–Trinajstić information content (AvgIpc) is 3.05. The van der Waals surface area contributed by atoms with Crippen molar-refractivity contribution in [3.05, 3.63) is 24.3 Å². The first-order valence-electron chi connectivity index (χ1n) is 17.0. The van der Waals surface area contributed by atoms with Gasteiger partial charge in [-0.1, -0.05) is 41.5 Å². The number of carbonyl (C=O) groups excluding carboxylic acids is 3. The number of benzene rings is 1. The molecule has 0 saturated carbocycles. The van der Waals surface area contributed by atoms with Gasteiger partial charge >= 0.3 is 18.4 Å². The van der Waals surface area contributed by atoms with Crippen LogP contribution in [-0.4, -0.2) is 88.3 Å². The summed E-state index contributed by atoms with van der Waals surface area (Å²) in [6.07, 6.45) is -11.3. The second-order valence-corrected chi connectivity index (χ2v) is 22.7. The molecule has 2 aliphatic rings. The largest absolute Gasteiger partial charge is 0.497 e. The molecule has 17 heteroatoms. The van der Waals surface area contributed by atoms with Crippen LogP contribution in [0.15, 0.2) is 24.3 Å². The van der Waals surface area contributed by atoms with E-state index in [-0.39, 0.29) is 10.6 Å². The summed E-state index contributed by atoms with van der Waals surface area (Å²) in [6, 6.07) is 5.51. The third-order valence-corrected chi connectivity index (χ3v) is 19.5. The molecule has 1 aromatic rings. The molecule has 0 N–H and O–H groups in total. The molecule has 50 heavy (non-hydrogen) atoms. The Morgan fingerprint density at radius 2 is 1.12 bits per heavy atom. The number of hydrogen-bond donors (Lipinski definition) is 0. The quantitative estimate of drug-likeness (QED) is 0.113. The van der Waals surface area contributed by atoms with E-state index in [4.69, 9.17) is 18.3 Å². The number of rotatable bonds is 13. The summed E-state index contributed by atoms with van der Waals surface area (Å²) in [5.74, 6) is -1.11. The number of likely N-dealkylation sites (tertiary alicyclic amines) is 1. The van der Waals surface area contributed by atoms with Crippen LogP contribution in [0.1, 0.15) is 69.2 Å². The molecule has 2 fully saturated rings. The number of hydrogen-bond acceptors (Lipinski definition) is 7. The first kappa shape index (κ1) is 43.5. The molecule has 0 aromatic heterocycles. The predicted molar refractivity (Wildman–Crippen MR) is 182 cm³/mol. The Hall–Kier alpha value is -2.64. The van der Waals surface area contributed by atoms with Gasteiger partial charge < -0.3 is 18.3 Å². The Labute approximate surface area is 293 Å². The number of halogens is 6. The number of amides is 3. The van der Waals surface area contributed by atoms with E-state index in [0.717, 1.165) is 11.8 Å². The smallest absolute Gasteiger partial charge is 0.417 e. The highest BCUT2D eigenvalue weighted by atomic mass is 28.4. The van der Waals surface area contributed by atoms with Gasteiger partial charge in [0.15, 0.2) is 39.9 Å². The fraction of sp³-hybridized carbons (Fsp3) is 0.727. The van der Waals surface area contributed by atoms with Gasteiger partial charge in [-0.3, -0.25) is 14.5 Å². The van der Waals surface area contributed by atoms with Gasteiger partial charge in [0.25, 0.3) is 11.8 Å². The molecule has 4 atom stereocenters. The topological polar surface area (TPSA) is 94.6 Å². The lowest BCUT2D eigenvalue weighted by molar-refractivity contribution is -0.255. The van der Waals surface area contributed by atoms with Crippen molar-refractivity contribution in [2.45, 2.75) is 147 Å². The van der Waals surface area contributed by atoms with Crippen molar-refractivity contribution in [3.63, 3.8) is 0 Å². The third kappa shape index (κ3) is 8.36. The van der Waals surface area contributed by atoms with Crippen LogP contribution in [0.5, 0.6) is 5.75 Å². The van der Waals surface area contributed by atoms with Crippen molar-refractivity contribution in [2.75, 3.05) is 12.0 Å². The molecule has 286 valence electrons. The van der Waals surface area contributed by atoms with E-state index >= 15 is 0 Å². The highest BCUT2D eigenvalue weighted by molar-refractivity contribution is 6.74. The molecular formula is C33H52F6N2O7Si2. The van der Waals surface area contributed by atoms with E-state index in [1.165, 1.54) is 52.1 Å². The second kappa shape index (κ2) is 15.9. The number of β-lactam (4-membered cyclic amide) rings is 2. The molecule has 0 radical (unpaired) electrons. The molecule has 3 rings (SSSR count). The number of imide groups is 1. The minimum atomic E-state index is -4.78. The Balaban J connectivity index is 0.000000348. The summed E-state index contributed by atoms with van der Waals surface area (Å²) in [6.45, 7) is 16.8. The van der Waals surface area contributed by atoms with E-state index in [9.17, 15) is 40.7 Å². The minimum Gasteiger partial charge on any atom is -0.497 e. The van der Waals surface area contributed by atoms with E-state index in [1.54, 1.807) is 0 Å². The van der Waals surface area contributed by atoms with Gasteiger partial charge in [0.2, 0.25) is 0 Å². The Morgan fingerprint density at radius 3 is 1.44 bits per heavy atom. The van der Waals surface area contributed by atoms with Gasteiger partial charge in [-0.15, -0.1) is 0 Å². The minimum absolute atomic E-state index is 0.139. The second-order valence-electron chi connectivity index (χ2n) is 13.3. The van der Waals surface area contributed by atoms with E-state index < -0.39 is 76.3 Å². The zero-order chi connectivity index (χ0) is 38.7. The first-order chi connectivity index (χ1) is 23.0. The van der Waals surface area contributed by atoms with Crippen molar-refractivity contribution in [1.29, 1.82) is 0 Å². The first-order valence-corrected chi connectivity index (χ1v) is 22.1. The summed E-state index contributed by atoms with van der Waals surface area (Å²) in [4.78, 5) is 38.1. The Kier molecular flexibility index (Phi) is 13.9. The SMILES string of the molecule is CC[Si](CC)(CC)O[C@@]1(C)C(=O)N(C(=O)OC(C)C)[C@H]1C(F)(F)F.CC[Si](CC)(CC)O[C@@]1(C)C(=O)N(c2ccc(OC)cc2)[C@H]1C(F)(F)F. The Morgan fingerprint density at radius 1 is 0.740 bits per heavy atom. The van der Waals surface area contributed by atoms with Crippen LogP contribution >= 0.6 is 0 Å². The van der Waals surface area contributed by atoms with E-state index in [1.807, 2.05) is 41.5 Å². The predicted octanol–water partition coefficient (Wildman–Crippen LogP) is 8.84. The third-order valence-electron chi connectivity index (χ3n) is 10.1. The average molecular weight is 759 g/mol. The molecule has 1 aromatic carbocycles. The summed E-state index contributed by atoms with van der Waals surface area (Å²) in [5, 5.41) is 0. The lowest BCUT2D eigenvalue weighted by Gasteiger charge is -2.56. The lowest BCUT2D eigenvalue weighted by atomic mass is 9.82.